The number of nitrogens with one attached hydrogen (secondary N) is 2. The number of hydrogen-bond donors (Lipinski definition) is 2. The first-order chi connectivity index (χ1) is 10.3. The number of fused-ring (bicyclic) bond motifs is 1. The molecular formula is C17H26N2O3. The highest BCUT2D eigenvalue weighted by Crippen LogP contribution is 2.41. The normalized spacial score (nSPS) is 19.4. The molecule has 0 saturated carbocycles. The number of aryl methyl sites for hydroxylation is 1. The maximum absolute atomic E-state index is 12.1. The molecule has 2 rings (SSSR count). The number of rotatable bonds is 5. The Morgan fingerprint density at radius 1 is 1.36 bits per heavy atom. The van der Waals surface area contributed by atoms with Gasteiger partial charge in [0.2, 0.25) is 11.8 Å². The number of carbonyl (C=O) groups is 2. The zero-order valence-electron chi connectivity index (χ0n) is 13.9. The second-order valence-electron chi connectivity index (χ2n) is 6.93. The topological polar surface area (TPSA) is 71.3 Å². The van der Waals surface area contributed by atoms with E-state index < -0.39 is 0 Å². The van der Waals surface area contributed by atoms with Gasteiger partial charge in [-0.1, -0.05) is 20.8 Å². The van der Waals surface area contributed by atoms with Gasteiger partial charge in [-0.2, -0.15) is 0 Å². The van der Waals surface area contributed by atoms with E-state index in [4.69, 9.17) is 4.42 Å². The van der Waals surface area contributed by atoms with Gasteiger partial charge >= 0.3 is 0 Å². The zero-order valence-corrected chi connectivity index (χ0v) is 13.9. The predicted octanol–water partition coefficient (Wildman–Crippen LogP) is 2.63. The van der Waals surface area contributed by atoms with E-state index in [-0.39, 0.29) is 29.8 Å². The van der Waals surface area contributed by atoms with Crippen LogP contribution >= 0.6 is 0 Å². The highest BCUT2D eigenvalue weighted by molar-refractivity contribution is 5.84. The number of carbonyl (C=O) groups excluding carboxylic acids is 2. The fraction of sp³-hybridized carbons (Fsp3) is 0.647. The van der Waals surface area contributed by atoms with Crippen molar-refractivity contribution in [1.82, 2.24) is 10.6 Å². The first kappa shape index (κ1) is 16.6. The quantitative estimate of drug-likeness (QED) is 0.878. The van der Waals surface area contributed by atoms with Crippen LogP contribution in [0.15, 0.2) is 10.5 Å². The lowest BCUT2D eigenvalue weighted by atomic mass is 9.74. The Morgan fingerprint density at radius 3 is 2.77 bits per heavy atom. The number of hydrogen-bond acceptors (Lipinski definition) is 3. The van der Waals surface area contributed by atoms with Gasteiger partial charge in [-0.05, 0) is 31.2 Å². The summed E-state index contributed by atoms with van der Waals surface area (Å²) in [5, 5.41) is 5.68. The molecular weight excluding hydrogens is 280 g/mol. The molecule has 1 heterocycles. The second kappa shape index (κ2) is 6.55. The molecule has 0 aliphatic heterocycles. The van der Waals surface area contributed by atoms with E-state index in [2.05, 4.69) is 24.5 Å². The van der Waals surface area contributed by atoms with E-state index in [0.29, 0.717) is 6.42 Å². The zero-order chi connectivity index (χ0) is 16.3. The molecule has 1 atom stereocenters. The monoisotopic (exact) mass is 306 g/mol. The molecule has 0 radical (unpaired) electrons. The molecule has 122 valence electrons. The summed E-state index contributed by atoms with van der Waals surface area (Å²) in [5.41, 5.74) is 1.16. The average molecular weight is 306 g/mol. The van der Waals surface area contributed by atoms with Crippen LogP contribution in [0.2, 0.25) is 0 Å². The van der Waals surface area contributed by atoms with Crippen molar-refractivity contribution in [1.29, 1.82) is 0 Å². The standard InChI is InChI=1S/C17H26N2O3/c1-5-6-15(20)18-10-16(21)19-13-8-17(3,4)9-14-12(13)7-11(2)22-14/h7,13H,5-6,8-10H2,1-4H3,(H,18,20)(H,19,21)/t13-/m0/s1. The van der Waals surface area contributed by atoms with Crippen molar-refractivity contribution in [2.24, 2.45) is 5.41 Å². The Hall–Kier alpha value is -1.78. The Bertz CT molecular complexity index is 560. The van der Waals surface area contributed by atoms with Crippen LogP contribution < -0.4 is 10.6 Å². The fourth-order valence-electron chi connectivity index (χ4n) is 3.05. The third kappa shape index (κ3) is 4.12. The Morgan fingerprint density at radius 2 is 2.09 bits per heavy atom. The summed E-state index contributed by atoms with van der Waals surface area (Å²) in [7, 11) is 0. The van der Waals surface area contributed by atoms with Gasteiger partial charge in [0.25, 0.3) is 0 Å². The minimum atomic E-state index is -0.156. The molecule has 0 spiro atoms. The summed E-state index contributed by atoms with van der Waals surface area (Å²) >= 11 is 0. The van der Waals surface area contributed by atoms with E-state index in [0.717, 1.165) is 36.3 Å². The van der Waals surface area contributed by atoms with Gasteiger partial charge < -0.3 is 15.1 Å². The third-order valence-corrected chi connectivity index (χ3v) is 3.99. The van der Waals surface area contributed by atoms with Crippen molar-refractivity contribution < 1.29 is 14.0 Å². The summed E-state index contributed by atoms with van der Waals surface area (Å²) in [4.78, 5) is 23.5. The highest BCUT2D eigenvalue weighted by Gasteiger charge is 2.35. The van der Waals surface area contributed by atoms with E-state index in [1.165, 1.54) is 0 Å². The molecule has 0 saturated heterocycles. The third-order valence-electron chi connectivity index (χ3n) is 3.99. The highest BCUT2D eigenvalue weighted by atomic mass is 16.3. The van der Waals surface area contributed by atoms with Crippen LogP contribution in [0.3, 0.4) is 0 Å². The van der Waals surface area contributed by atoms with Crippen LogP contribution in [0.1, 0.15) is 63.2 Å². The summed E-state index contributed by atoms with van der Waals surface area (Å²) in [6.45, 7) is 8.25. The summed E-state index contributed by atoms with van der Waals surface area (Å²) in [5.74, 6) is 1.60. The summed E-state index contributed by atoms with van der Waals surface area (Å²) in [6, 6.07) is 1.96. The molecule has 0 fully saturated rings. The predicted molar refractivity (Wildman–Crippen MR) is 84.3 cm³/mol. The van der Waals surface area contributed by atoms with Gasteiger partial charge in [-0.3, -0.25) is 9.59 Å². The van der Waals surface area contributed by atoms with Crippen LogP contribution in [-0.2, 0) is 16.0 Å². The molecule has 2 amide bonds. The van der Waals surface area contributed by atoms with E-state index >= 15 is 0 Å². The molecule has 5 heteroatoms. The lowest BCUT2D eigenvalue weighted by Gasteiger charge is -2.34. The first-order valence-electron chi connectivity index (χ1n) is 7.96. The second-order valence-corrected chi connectivity index (χ2v) is 6.93. The van der Waals surface area contributed by atoms with Gasteiger partial charge in [0.15, 0.2) is 0 Å². The van der Waals surface area contributed by atoms with Crippen LogP contribution in [0.25, 0.3) is 0 Å². The first-order valence-corrected chi connectivity index (χ1v) is 7.96. The molecule has 1 aliphatic rings. The molecule has 1 aromatic rings. The van der Waals surface area contributed by atoms with E-state index in [9.17, 15) is 9.59 Å². The molecule has 0 bridgehead atoms. The van der Waals surface area contributed by atoms with Crippen molar-refractivity contribution in [3.05, 3.63) is 23.2 Å². The van der Waals surface area contributed by atoms with Crippen LogP contribution in [-0.4, -0.2) is 18.4 Å². The van der Waals surface area contributed by atoms with Gasteiger partial charge in [-0.25, -0.2) is 0 Å². The minimum absolute atomic E-state index is 0.0297. The SMILES string of the molecule is CCCC(=O)NCC(=O)N[C@H]1CC(C)(C)Cc2oc(C)cc21. The van der Waals surface area contributed by atoms with Crippen molar-refractivity contribution >= 4 is 11.8 Å². The lowest BCUT2D eigenvalue weighted by molar-refractivity contribution is -0.126. The maximum atomic E-state index is 12.1. The molecule has 2 N–H and O–H groups in total. The number of amides is 2. The van der Waals surface area contributed by atoms with E-state index in [1.54, 1.807) is 0 Å². The molecule has 22 heavy (non-hydrogen) atoms. The lowest BCUT2D eigenvalue weighted by Crippen LogP contribution is -2.41. The van der Waals surface area contributed by atoms with Crippen molar-refractivity contribution in [2.45, 2.75) is 59.4 Å². The smallest absolute Gasteiger partial charge is 0.239 e. The largest absolute Gasteiger partial charge is 0.466 e. The van der Waals surface area contributed by atoms with Crippen molar-refractivity contribution in [2.75, 3.05) is 6.54 Å². The molecule has 0 aromatic carbocycles. The van der Waals surface area contributed by atoms with Gasteiger partial charge in [-0.15, -0.1) is 0 Å². The molecule has 5 nitrogen and oxygen atoms in total. The van der Waals surface area contributed by atoms with Crippen LogP contribution in [0.5, 0.6) is 0 Å². The fourth-order valence-corrected chi connectivity index (χ4v) is 3.05. The summed E-state index contributed by atoms with van der Waals surface area (Å²) in [6.07, 6.45) is 2.99. The van der Waals surface area contributed by atoms with Crippen molar-refractivity contribution in [3.8, 4) is 0 Å². The minimum Gasteiger partial charge on any atom is -0.466 e. The Balaban J connectivity index is 1.99. The number of furan rings is 1. The Kier molecular flexibility index (Phi) is 4.94. The molecule has 1 aliphatic carbocycles. The summed E-state index contributed by atoms with van der Waals surface area (Å²) < 4.78 is 5.76. The molecule has 1 aromatic heterocycles. The Labute approximate surface area is 131 Å². The van der Waals surface area contributed by atoms with Crippen molar-refractivity contribution in [3.63, 3.8) is 0 Å². The molecule has 0 unspecified atom stereocenters. The van der Waals surface area contributed by atoms with Gasteiger partial charge in [0, 0.05) is 18.4 Å². The van der Waals surface area contributed by atoms with Crippen LogP contribution in [0, 0.1) is 12.3 Å². The van der Waals surface area contributed by atoms with Crippen LogP contribution in [0.4, 0.5) is 0 Å². The maximum Gasteiger partial charge on any atom is 0.239 e. The average Bonchev–Trinajstić information content (AvgIpc) is 2.76. The van der Waals surface area contributed by atoms with E-state index in [1.807, 2.05) is 19.9 Å². The van der Waals surface area contributed by atoms with Gasteiger partial charge in [0.05, 0.1) is 12.6 Å². The van der Waals surface area contributed by atoms with Gasteiger partial charge in [0.1, 0.15) is 11.5 Å².